The van der Waals surface area contributed by atoms with Crippen LogP contribution >= 0.6 is 0 Å². The summed E-state index contributed by atoms with van der Waals surface area (Å²) in [6.07, 6.45) is 0.187. The maximum absolute atomic E-state index is 11.0. The number of methoxy groups -OCH3 is 1. The molecule has 0 fully saturated rings. The molecule has 5 heteroatoms. The Labute approximate surface area is 99.7 Å². The fourth-order valence-corrected chi connectivity index (χ4v) is 1.69. The van der Waals surface area contributed by atoms with Gasteiger partial charge in [0.05, 0.1) is 7.11 Å². The third kappa shape index (κ3) is 4.14. The fourth-order valence-electron chi connectivity index (χ4n) is 1.69. The first-order chi connectivity index (χ1) is 8.02. The summed E-state index contributed by atoms with van der Waals surface area (Å²) in [5.74, 6) is -0.542. The molecule has 17 heavy (non-hydrogen) atoms. The molecule has 1 aromatic rings. The van der Waals surface area contributed by atoms with Gasteiger partial charge in [0.15, 0.2) is 0 Å². The number of amides is 2. The zero-order valence-corrected chi connectivity index (χ0v) is 9.68. The summed E-state index contributed by atoms with van der Waals surface area (Å²) >= 11 is 0. The van der Waals surface area contributed by atoms with Gasteiger partial charge in [-0.25, -0.2) is 0 Å². The van der Waals surface area contributed by atoms with Crippen LogP contribution in [-0.2, 0) is 9.59 Å². The Morgan fingerprint density at radius 3 is 2.29 bits per heavy atom. The smallest absolute Gasteiger partial charge is 0.218 e. The number of primary amides is 2. The quantitative estimate of drug-likeness (QED) is 0.754. The maximum atomic E-state index is 11.0. The van der Waals surface area contributed by atoms with Gasteiger partial charge in [-0.1, -0.05) is 12.1 Å². The van der Waals surface area contributed by atoms with Gasteiger partial charge in [0.1, 0.15) is 5.75 Å². The SMILES string of the molecule is COc1cccc(C(CC(N)=O)CC(N)=O)c1. The molecular formula is C12H16N2O3. The Hall–Kier alpha value is -2.04. The fraction of sp³-hybridized carbons (Fsp3) is 0.333. The van der Waals surface area contributed by atoms with E-state index < -0.39 is 11.8 Å². The van der Waals surface area contributed by atoms with Crippen molar-refractivity contribution in [1.29, 1.82) is 0 Å². The van der Waals surface area contributed by atoms with E-state index in [0.29, 0.717) is 5.75 Å². The Kier molecular flexibility index (Phi) is 4.51. The third-order valence-corrected chi connectivity index (χ3v) is 2.46. The van der Waals surface area contributed by atoms with Crippen LogP contribution in [0.4, 0.5) is 0 Å². The van der Waals surface area contributed by atoms with Gasteiger partial charge >= 0.3 is 0 Å². The number of hydrogen-bond acceptors (Lipinski definition) is 3. The molecule has 0 aromatic heterocycles. The highest BCUT2D eigenvalue weighted by atomic mass is 16.5. The molecule has 0 radical (unpaired) electrons. The number of ether oxygens (including phenoxy) is 1. The average Bonchev–Trinajstić information content (AvgIpc) is 2.27. The molecule has 1 rings (SSSR count). The summed E-state index contributed by atoms with van der Waals surface area (Å²) in [6.45, 7) is 0. The molecule has 2 amide bonds. The van der Waals surface area contributed by atoms with Crippen molar-refractivity contribution >= 4 is 11.8 Å². The Morgan fingerprint density at radius 1 is 1.24 bits per heavy atom. The lowest BCUT2D eigenvalue weighted by Gasteiger charge is -2.14. The van der Waals surface area contributed by atoms with Crippen LogP contribution in [0.1, 0.15) is 24.3 Å². The van der Waals surface area contributed by atoms with Crippen molar-refractivity contribution in [2.75, 3.05) is 7.11 Å². The first-order valence-electron chi connectivity index (χ1n) is 5.23. The van der Waals surface area contributed by atoms with Crippen LogP contribution in [-0.4, -0.2) is 18.9 Å². The lowest BCUT2D eigenvalue weighted by Crippen LogP contribution is -2.20. The number of benzene rings is 1. The van der Waals surface area contributed by atoms with Gasteiger partial charge in [0.25, 0.3) is 0 Å². The van der Waals surface area contributed by atoms with E-state index in [1.165, 1.54) is 0 Å². The molecule has 0 aliphatic carbocycles. The van der Waals surface area contributed by atoms with E-state index in [9.17, 15) is 9.59 Å². The molecule has 0 unspecified atom stereocenters. The minimum atomic E-state index is -0.459. The Balaban J connectivity index is 2.94. The lowest BCUT2D eigenvalue weighted by molar-refractivity contribution is -0.119. The molecule has 0 spiro atoms. The van der Waals surface area contributed by atoms with Gasteiger partial charge in [0, 0.05) is 18.8 Å². The zero-order chi connectivity index (χ0) is 12.8. The summed E-state index contributed by atoms with van der Waals surface area (Å²) in [7, 11) is 1.55. The van der Waals surface area contributed by atoms with Crippen molar-refractivity contribution in [3.63, 3.8) is 0 Å². The zero-order valence-electron chi connectivity index (χ0n) is 9.68. The first kappa shape index (κ1) is 13.0. The highest BCUT2D eigenvalue weighted by molar-refractivity contribution is 5.78. The van der Waals surface area contributed by atoms with Crippen molar-refractivity contribution in [2.45, 2.75) is 18.8 Å². The van der Waals surface area contributed by atoms with Gasteiger partial charge < -0.3 is 16.2 Å². The van der Waals surface area contributed by atoms with Crippen LogP contribution in [0.2, 0.25) is 0 Å². The summed E-state index contributed by atoms with van der Waals surface area (Å²) < 4.78 is 5.08. The van der Waals surface area contributed by atoms with Gasteiger partial charge in [-0.2, -0.15) is 0 Å². The highest BCUT2D eigenvalue weighted by Crippen LogP contribution is 2.26. The summed E-state index contributed by atoms with van der Waals surface area (Å²) in [4.78, 5) is 21.9. The number of carbonyl (C=O) groups excluding carboxylic acids is 2. The lowest BCUT2D eigenvalue weighted by atomic mass is 9.92. The standard InChI is InChI=1S/C12H16N2O3/c1-17-10-4-2-3-8(5-10)9(6-11(13)15)7-12(14)16/h2-5,9H,6-7H2,1H3,(H2,13,15)(H2,14,16). The molecule has 92 valence electrons. The molecule has 0 saturated heterocycles. The van der Waals surface area contributed by atoms with E-state index in [4.69, 9.17) is 16.2 Å². The summed E-state index contributed by atoms with van der Waals surface area (Å²) in [6, 6.07) is 7.17. The number of carbonyl (C=O) groups is 2. The summed E-state index contributed by atoms with van der Waals surface area (Å²) in [5, 5.41) is 0. The summed E-state index contributed by atoms with van der Waals surface area (Å²) in [5.41, 5.74) is 11.1. The van der Waals surface area contributed by atoms with Crippen LogP contribution in [0.25, 0.3) is 0 Å². The molecule has 0 heterocycles. The van der Waals surface area contributed by atoms with E-state index in [1.54, 1.807) is 25.3 Å². The predicted molar refractivity (Wildman–Crippen MR) is 63.4 cm³/mol. The van der Waals surface area contributed by atoms with Gasteiger partial charge in [0.2, 0.25) is 11.8 Å². The largest absolute Gasteiger partial charge is 0.497 e. The average molecular weight is 236 g/mol. The molecule has 0 saturated carbocycles. The van der Waals surface area contributed by atoms with Crippen LogP contribution in [0.3, 0.4) is 0 Å². The van der Waals surface area contributed by atoms with Gasteiger partial charge in [-0.3, -0.25) is 9.59 Å². The Morgan fingerprint density at radius 2 is 1.82 bits per heavy atom. The molecule has 0 bridgehead atoms. The van der Waals surface area contributed by atoms with Crippen molar-refractivity contribution < 1.29 is 14.3 Å². The van der Waals surface area contributed by atoms with Crippen LogP contribution in [0.15, 0.2) is 24.3 Å². The monoisotopic (exact) mass is 236 g/mol. The van der Waals surface area contributed by atoms with Crippen molar-refractivity contribution in [2.24, 2.45) is 11.5 Å². The van der Waals surface area contributed by atoms with Crippen LogP contribution < -0.4 is 16.2 Å². The normalized spacial score (nSPS) is 10.2. The topological polar surface area (TPSA) is 95.4 Å². The number of nitrogens with two attached hydrogens (primary N) is 2. The van der Waals surface area contributed by atoms with Gasteiger partial charge in [-0.15, -0.1) is 0 Å². The van der Waals surface area contributed by atoms with Crippen LogP contribution in [0, 0.1) is 0 Å². The second-order valence-corrected chi connectivity index (χ2v) is 3.81. The second-order valence-electron chi connectivity index (χ2n) is 3.81. The molecular weight excluding hydrogens is 220 g/mol. The number of rotatable bonds is 6. The maximum Gasteiger partial charge on any atom is 0.218 e. The minimum Gasteiger partial charge on any atom is -0.497 e. The second kappa shape index (κ2) is 5.89. The molecule has 0 aliphatic rings. The third-order valence-electron chi connectivity index (χ3n) is 2.46. The van der Waals surface area contributed by atoms with E-state index in [2.05, 4.69) is 0 Å². The van der Waals surface area contributed by atoms with Gasteiger partial charge in [-0.05, 0) is 17.7 Å². The van der Waals surface area contributed by atoms with Crippen molar-refractivity contribution in [1.82, 2.24) is 0 Å². The molecule has 5 nitrogen and oxygen atoms in total. The number of hydrogen-bond donors (Lipinski definition) is 2. The van der Waals surface area contributed by atoms with E-state index in [0.717, 1.165) is 5.56 Å². The Bertz CT molecular complexity index is 402. The van der Waals surface area contributed by atoms with E-state index >= 15 is 0 Å². The molecule has 0 aliphatic heterocycles. The van der Waals surface area contributed by atoms with Crippen molar-refractivity contribution in [3.8, 4) is 5.75 Å². The minimum absolute atomic E-state index is 0.0934. The molecule has 0 atom stereocenters. The van der Waals surface area contributed by atoms with E-state index in [-0.39, 0.29) is 18.8 Å². The molecule has 4 N–H and O–H groups in total. The van der Waals surface area contributed by atoms with Crippen LogP contribution in [0.5, 0.6) is 5.75 Å². The highest BCUT2D eigenvalue weighted by Gasteiger charge is 2.17. The predicted octanol–water partition coefficient (Wildman–Crippen LogP) is 0.530. The van der Waals surface area contributed by atoms with E-state index in [1.807, 2.05) is 6.07 Å². The molecule has 1 aromatic carbocycles. The van der Waals surface area contributed by atoms with Crippen molar-refractivity contribution in [3.05, 3.63) is 29.8 Å². The first-order valence-corrected chi connectivity index (χ1v) is 5.23.